The molecule has 5 heteroatoms. The summed E-state index contributed by atoms with van der Waals surface area (Å²) in [5.41, 5.74) is 3.22. The van der Waals surface area contributed by atoms with Gasteiger partial charge in [0.25, 0.3) is 0 Å². The molecule has 0 bridgehead atoms. The van der Waals surface area contributed by atoms with Crippen molar-refractivity contribution in [2.45, 2.75) is 32.1 Å². The zero-order chi connectivity index (χ0) is 16.8. The number of halogens is 2. The van der Waals surface area contributed by atoms with E-state index < -0.39 is 17.4 Å². The van der Waals surface area contributed by atoms with Gasteiger partial charge in [-0.1, -0.05) is 42.0 Å². The first-order chi connectivity index (χ1) is 11.0. The number of benzene rings is 2. The molecule has 0 fully saturated rings. The molecule has 0 aliphatic rings. The van der Waals surface area contributed by atoms with Gasteiger partial charge in [-0.25, -0.2) is 0 Å². The third-order valence-corrected chi connectivity index (χ3v) is 5.35. The van der Waals surface area contributed by atoms with Crippen molar-refractivity contribution in [2.75, 3.05) is 5.75 Å². The Labute approximate surface area is 137 Å². The van der Waals surface area contributed by atoms with Crippen LogP contribution in [0.4, 0.5) is 8.78 Å². The van der Waals surface area contributed by atoms with Crippen LogP contribution >= 0.6 is 0 Å². The van der Waals surface area contributed by atoms with E-state index in [0.29, 0.717) is 5.75 Å². The normalized spacial score (nSPS) is 13.8. The molecule has 23 heavy (non-hydrogen) atoms. The van der Waals surface area contributed by atoms with Crippen molar-refractivity contribution in [3.05, 3.63) is 65.2 Å². The van der Waals surface area contributed by atoms with Gasteiger partial charge in [0.1, 0.15) is 5.75 Å². The highest BCUT2D eigenvalue weighted by Gasteiger charge is 2.14. The van der Waals surface area contributed by atoms with E-state index in [1.807, 2.05) is 38.1 Å². The third kappa shape index (κ3) is 5.43. The molecule has 0 spiro atoms. The Balaban J connectivity index is 1.92. The maximum absolute atomic E-state index is 12.4. The van der Waals surface area contributed by atoms with Gasteiger partial charge in [-0.15, -0.1) is 0 Å². The van der Waals surface area contributed by atoms with Gasteiger partial charge in [0.2, 0.25) is 0 Å². The highest BCUT2D eigenvalue weighted by Crippen LogP contribution is 2.23. The van der Waals surface area contributed by atoms with Crippen molar-refractivity contribution in [2.24, 2.45) is 0 Å². The second-order valence-electron chi connectivity index (χ2n) is 5.41. The second kappa shape index (κ2) is 8.20. The van der Waals surface area contributed by atoms with Crippen LogP contribution in [0.25, 0.3) is 0 Å². The molecule has 0 saturated carbocycles. The number of hydrogen-bond donors (Lipinski definition) is 0. The van der Waals surface area contributed by atoms with Gasteiger partial charge < -0.3 is 4.74 Å². The number of alkyl halides is 2. The standard InChI is InChI=1S/C18H20F2O2S/c1-13-3-5-15(6-4-13)11-12-23(21)14(2)16-7-9-17(10-8-16)22-18(19)20/h3-10,14,18H,11-12H2,1-2H3/t14-,23-/m1/s1. The zero-order valence-electron chi connectivity index (χ0n) is 13.2. The molecule has 0 N–H and O–H groups in total. The molecule has 2 atom stereocenters. The molecule has 0 amide bonds. The van der Waals surface area contributed by atoms with Crippen LogP contribution in [0.3, 0.4) is 0 Å². The van der Waals surface area contributed by atoms with Crippen LogP contribution in [0.15, 0.2) is 48.5 Å². The summed E-state index contributed by atoms with van der Waals surface area (Å²) in [5, 5.41) is -0.152. The number of ether oxygens (including phenoxy) is 1. The van der Waals surface area contributed by atoms with Crippen LogP contribution in [0.1, 0.15) is 28.9 Å². The lowest BCUT2D eigenvalue weighted by Crippen LogP contribution is -2.09. The van der Waals surface area contributed by atoms with Crippen molar-refractivity contribution in [3.8, 4) is 5.75 Å². The van der Waals surface area contributed by atoms with E-state index in [4.69, 9.17) is 0 Å². The highest BCUT2D eigenvalue weighted by molar-refractivity contribution is 7.85. The number of aryl methyl sites for hydroxylation is 2. The smallest absolute Gasteiger partial charge is 0.387 e. The van der Waals surface area contributed by atoms with Crippen molar-refractivity contribution in [1.29, 1.82) is 0 Å². The van der Waals surface area contributed by atoms with E-state index >= 15 is 0 Å². The predicted molar refractivity (Wildman–Crippen MR) is 89.4 cm³/mol. The first kappa shape index (κ1) is 17.6. The fourth-order valence-electron chi connectivity index (χ4n) is 2.22. The second-order valence-corrected chi connectivity index (χ2v) is 7.29. The first-order valence-electron chi connectivity index (χ1n) is 7.43. The van der Waals surface area contributed by atoms with Crippen LogP contribution in [-0.4, -0.2) is 16.6 Å². The Morgan fingerprint density at radius 1 is 1.04 bits per heavy atom. The minimum atomic E-state index is -2.83. The van der Waals surface area contributed by atoms with Crippen LogP contribution in [0.2, 0.25) is 0 Å². The van der Waals surface area contributed by atoms with E-state index in [-0.39, 0.29) is 11.0 Å². The first-order valence-corrected chi connectivity index (χ1v) is 8.81. The summed E-state index contributed by atoms with van der Waals surface area (Å²) in [7, 11) is -1.03. The molecule has 0 saturated heterocycles. The molecular formula is C18H20F2O2S. The summed E-state index contributed by atoms with van der Waals surface area (Å²) < 4.78 is 41.0. The molecule has 0 aliphatic heterocycles. The summed E-state index contributed by atoms with van der Waals surface area (Å²) in [6.45, 7) is 1.08. The Kier molecular flexibility index (Phi) is 6.28. The molecule has 0 heterocycles. The van der Waals surface area contributed by atoms with Crippen LogP contribution in [-0.2, 0) is 17.2 Å². The monoisotopic (exact) mass is 338 g/mol. The lowest BCUT2D eigenvalue weighted by molar-refractivity contribution is -0.0498. The van der Waals surface area contributed by atoms with Gasteiger partial charge in [0.05, 0.1) is 5.25 Å². The van der Waals surface area contributed by atoms with E-state index in [1.54, 1.807) is 12.1 Å². The topological polar surface area (TPSA) is 26.3 Å². The van der Waals surface area contributed by atoms with Gasteiger partial charge in [0.15, 0.2) is 0 Å². The number of rotatable bonds is 7. The SMILES string of the molecule is Cc1ccc(CC[S@@](=O)[C@H](C)c2ccc(OC(F)F)cc2)cc1. The molecule has 2 aromatic rings. The fourth-order valence-corrected chi connectivity index (χ4v) is 3.47. The van der Waals surface area contributed by atoms with E-state index in [1.165, 1.54) is 17.7 Å². The maximum Gasteiger partial charge on any atom is 0.387 e. The summed E-state index contributed by atoms with van der Waals surface area (Å²) in [5.74, 6) is 0.681. The molecule has 124 valence electrons. The molecule has 2 aromatic carbocycles. The quantitative estimate of drug-likeness (QED) is 0.734. The molecule has 0 aromatic heterocycles. The Bertz CT molecular complexity index is 639. The van der Waals surface area contributed by atoms with Crippen LogP contribution < -0.4 is 4.74 Å². The van der Waals surface area contributed by atoms with Gasteiger partial charge in [-0.05, 0) is 43.5 Å². The largest absolute Gasteiger partial charge is 0.435 e. The van der Waals surface area contributed by atoms with Crippen molar-refractivity contribution < 1.29 is 17.7 Å². The molecule has 2 rings (SSSR count). The lowest BCUT2D eigenvalue weighted by atomic mass is 10.1. The summed E-state index contributed by atoms with van der Waals surface area (Å²) in [6.07, 6.45) is 0.754. The minimum Gasteiger partial charge on any atom is -0.435 e. The van der Waals surface area contributed by atoms with E-state index in [2.05, 4.69) is 4.74 Å². The van der Waals surface area contributed by atoms with Crippen molar-refractivity contribution in [3.63, 3.8) is 0 Å². The summed E-state index contributed by atoms with van der Waals surface area (Å²) in [6, 6.07) is 14.5. The lowest BCUT2D eigenvalue weighted by Gasteiger charge is -2.13. The summed E-state index contributed by atoms with van der Waals surface area (Å²) in [4.78, 5) is 0. The Morgan fingerprint density at radius 3 is 2.22 bits per heavy atom. The molecule has 0 radical (unpaired) electrons. The maximum atomic E-state index is 12.4. The average Bonchev–Trinajstić information content (AvgIpc) is 2.53. The molecule has 0 unspecified atom stereocenters. The average molecular weight is 338 g/mol. The van der Waals surface area contributed by atoms with Crippen LogP contribution in [0.5, 0.6) is 5.75 Å². The highest BCUT2D eigenvalue weighted by atomic mass is 32.2. The predicted octanol–water partition coefficient (Wildman–Crippen LogP) is 4.65. The fraction of sp³-hybridized carbons (Fsp3) is 0.333. The molecule has 2 nitrogen and oxygen atoms in total. The molecular weight excluding hydrogens is 318 g/mol. The Morgan fingerprint density at radius 2 is 1.65 bits per heavy atom. The molecule has 0 aliphatic carbocycles. The number of hydrogen-bond acceptors (Lipinski definition) is 2. The van der Waals surface area contributed by atoms with Gasteiger partial charge in [0, 0.05) is 16.6 Å². The van der Waals surface area contributed by atoms with Gasteiger partial charge in [-0.2, -0.15) is 8.78 Å². The van der Waals surface area contributed by atoms with Crippen molar-refractivity contribution in [1.82, 2.24) is 0 Å². The van der Waals surface area contributed by atoms with Gasteiger partial charge in [-0.3, -0.25) is 4.21 Å². The van der Waals surface area contributed by atoms with Crippen molar-refractivity contribution >= 4 is 10.8 Å². The van der Waals surface area contributed by atoms with E-state index in [0.717, 1.165) is 17.5 Å². The van der Waals surface area contributed by atoms with Gasteiger partial charge >= 0.3 is 6.61 Å². The Hall–Kier alpha value is -1.75. The van der Waals surface area contributed by atoms with Crippen LogP contribution in [0, 0.1) is 6.92 Å². The zero-order valence-corrected chi connectivity index (χ0v) is 14.0. The minimum absolute atomic E-state index is 0.112. The third-order valence-electron chi connectivity index (χ3n) is 3.68. The van der Waals surface area contributed by atoms with E-state index in [9.17, 15) is 13.0 Å². The summed E-state index contributed by atoms with van der Waals surface area (Å²) >= 11 is 0.